The largest absolute Gasteiger partial charge is 0.288 e. The highest BCUT2D eigenvalue weighted by Gasteiger charge is 2.17. The van der Waals surface area contributed by atoms with Gasteiger partial charge in [0.15, 0.2) is 10.8 Å². The maximum atomic E-state index is 6.47. The number of aryl methyl sites for hydroxylation is 4. The normalized spacial score (nSPS) is 11.7. The van der Waals surface area contributed by atoms with Crippen LogP contribution in [0.2, 0.25) is 5.15 Å². The molecule has 0 spiro atoms. The number of rotatable bonds is 5. The van der Waals surface area contributed by atoms with Crippen LogP contribution in [-0.2, 0) is 12.8 Å². The molecule has 140 valence electrons. The minimum atomic E-state index is 0.467. The maximum absolute atomic E-state index is 6.47. The highest BCUT2D eigenvalue weighted by Crippen LogP contribution is 2.26. The van der Waals surface area contributed by atoms with Crippen molar-refractivity contribution in [3.8, 4) is 5.82 Å². The van der Waals surface area contributed by atoms with E-state index < -0.39 is 0 Å². The molecule has 0 N–H and O–H groups in total. The first-order chi connectivity index (χ1) is 13.0. The molecular formula is C20H23ClN6. The molecule has 0 atom stereocenters. The van der Waals surface area contributed by atoms with Crippen LogP contribution in [0.25, 0.3) is 22.5 Å². The van der Waals surface area contributed by atoms with Gasteiger partial charge in [0.2, 0.25) is 0 Å². The number of fused-ring (bicyclic) bond motifs is 3. The summed E-state index contributed by atoms with van der Waals surface area (Å²) in [7, 11) is 0. The fraction of sp³-hybridized carbons (Fsp3) is 0.400. The average molecular weight is 383 g/mol. The van der Waals surface area contributed by atoms with Crippen molar-refractivity contribution < 1.29 is 0 Å². The van der Waals surface area contributed by atoms with Crippen LogP contribution in [0, 0.1) is 13.8 Å². The molecule has 0 radical (unpaired) electrons. The first-order valence-corrected chi connectivity index (χ1v) is 9.80. The Bertz CT molecular complexity index is 1140. The van der Waals surface area contributed by atoms with Crippen molar-refractivity contribution in [1.82, 2.24) is 28.9 Å². The summed E-state index contributed by atoms with van der Waals surface area (Å²) in [4.78, 5) is 18.9. The first-order valence-electron chi connectivity index (χ1n) is 9.42. The van der Waals surface area contributed by atoms with E-state index in [9.17, 15) is 0 Å². The van der Waals surface area contributed by atoms with Crippen LogP contribution < -0.4 is 0 Å². The Morgan fingerprint density at radius 1 is 0.926 bits per heavy atom. The van der Waals surface area contributed by atoms with Gasteiger partial charge < -0.3 is 0 Å². The van der Waals surface area contributed by atoms with Gasteiger partial charge in [-0.1, -0.05) is 25.4 Å². The number of halogens is 1. The zero-order chi connectivity index (χ0) is 19.1. The van der Waals surface area contributed by atoms with Gasteiger partial charge in [-0.2, -0.15) is 0 Å². The third-order valence-electron chi connectivity index (χ3n) is 4.68. The summed E-state index contributed by atoms with van der Waals surface area (Å²) in [5.41, 5.74) is 4.26. The molecule has 0 aliphatic rings. The fourth-order valence-electron chi connectivity index (χ4n) is 3.57. The van der Waals surface area contributed by atoms with Crippen molar-refractivity contribution in [1.29, 1.82) is 0 Å². The molecule has 6 nitrogen and oxygen atoms in total. The van der Waals surface area contributed by atoms with Crippen LogP contribution >= 0.6 is 11.6 Å². The van der Waals surface area contributed by atoms with Gasteiger partial charge in [0.1, 0.15) is 28.5 Å². The Morgan fingerprint density at radius 3 is 2.41 bits per heavy atom. The average Bonchev–Trinajstić information content (AvgIpc) is 3.16. The first kappa shape index (κ1) is 17.9. The van der Waals surface area contributed by atoms with Gasteiger partial charge in [0.05, 0.1) is 11.4 Å². The number of nitrogens with zero attached hydrogens (tertiary/aromatic N) is 6. The van der Waals surface area contributed by atoms with Crippen LogP contribution in [0.1, 0.15) is 49.7 Å². The zero-order valence-corrected chi connectivity index (χ0v) is 16.9. The quantitative estimate of drug-likeness (QED) is 0.504. The van der Waals surface area contributed by atoms with Crippen molar-refractivity contribution in [3.63, 3.8) is 0 Å². The van der Waals surface area contributed by atoms with Gasteiger partial charge in [0.25, 0.3) is 0 Å². The van der Waals surface area contributed by atoms with Gasteiger partial charge in [0, 0.05) is 19.0 Å². The SMILES string of the molecule is CCCc1nc(C)cn1-c1ccc2nc(Cl)c3c(C)nc(CCC)n3c2n1. The molecule has 0 amide bonds. The fourth-order valence-corrected chi connectivity index (χ4v) is 3.88. The zero-order valence-electron chi connectivity index (χ0n) is 16.1. The van der Waals surface area contributed by atoms with E-state index in [0.29, 0.717) is 5.15 Å². The highest BCUT2D eigenvalue weighted by atomic mass is 35.5. The van der Waals surface area contributed by atoms with Gasteiger partial charge in [-0.05, 0) is 38.8 Å². The predicted molar refractivity (Wildman–Crippen MR) is 108 cm³/mol. The van der Waals surface area contributed by atoms with E-state index in [1.54, 1.807) is 0 Å². The van der Waals surface area contributed by atoms with Crippen molar-refractivity contribution in [2.75, 3.05) is 0 Å². The van der Waals surface area contributed by atoms with Crippen molar-refractivity contribution in [3.05, 3.63) is 46.5 Å². The smallest absolute Gasteiger partial charge is 0.167 e. The monoisotopic (exact) mass is 382 g/mol. The minimum absolute atomic E-state index is 0.467. The second kappa shape index (κ2) is 6.93. The number of aromatic nitrogens is 6. The van der Waals surface area contributed by atoms with Crippen LogP contribution in [0.4, 0.5) is 0 Å². The number of imidazole rings is 2. The van der Waals surface area contributed by atoms with E-state index in [2.05, 4.69) is 32.8 Å². The Balaban J connectivity index is 2.01. The van der Waals surface area contributed by atoms with Crippen molar-refractivity contribution >= 4 is 28.3 Å². The predicted octanol–water partition coefficient (Wildman–Crippen LogP) is 4.64. The topological polar surface area (TPSA) is 60.9 Å². The molecule has 0 aliphatic carbocycles. The van der Waals surface area contributed by atoms with E-state index in [0.717, 1.165) is 71.2 Å². The Kier molecular flexibility index (Phi) is 4.60. The molecule has 4 aromatic heterocycles. The third kappa shape index (κ3) is 2.98. The van der Waals surface area contributed by atoms with Crippen molar-refractivity contribution in [2.24, 2.45) is 0 Å². The lowest BCUT2D eigenvalue weighted by Crippen LogP contribution is -2.06. The summed E-state index contributed by atoms with van der Waals surface area (Å²) in [6.45, 7) is 8.28. The summed E-state index contributed by atoms with van der Waals surface area (Å²) in [5.74, 6) is 2.83. The summed E-state index contributed by atoms with van der Waals surface area (Å²) in [5, 5.41) is 0.467. The molecule has 4 rings (SSSR count). The molecular weight excluding hydrogens is 360 g/mol. The van der Waals surface area contributed by atoms with E-state index in [4.69, 9.17) is 21.6 Å². The molecule has 0 saturated carbocycles. The highest BCUT2D eigenvalue weighted by molar-refractivity contribution is 6.33. The lowest BCUT2D eigenvalue weighted by atomic mass is 10.3. The van der Waals surface area contributed by atoms with Gasteiger partial charge in [-0.25, -0.2) is 19.9 Å². The van der Waals surface area contributed by atoms with Crippen molar-refractivity contribution in [2.45, 2.75) is 53.4 Å². The summed E-state index contributed by atoms with van der Waals surface area (Å²) in [6.07, 6.45) is 5.84. The minimum Gasteiger partial charge on any atom is -0.288 e. The van der Waals surface area contributed by atoms with Crippen LogP contribution in [-0.4, -0.2) is 28.9 Å². The molecule has 0 aromatic carbocycles. The van der Waals surface area contributed by atoms with E-state index in [-0.39, 0.29) is 0 Å². The third-order valence-corrected chi connectivity index (χ3v) is 4.94. The van der Waals surface area contributed by atoms with Crippen LogP contribution in [0.3, 0.4) is 0 Å². The summed E-state index contributed by atoms with van der Waals surface area (Å²) >= 11 is 6.47. The lowest BCUT2D eigenvalue weighted by Gasteiger charge is -2.10. The molecule has 0 unspecified atom stereocenters. The second-order valence-electron chi connectivity index (χ2n) is 6.88. The number of pyridine rings is 1. The molecule has 0 bridgehead atoms. The molecule has 0 aliphatic heterocycles. The van der Waals surface area contributed by atoms with E-state index in [1.165, 1.54) is 0 Å². The van der Waals surface area contributed by atoms with Gasteiger partial charge >= 0.3 is 0 Å². The Hall–Kier alpha value is -2.47. The standard InChI is InChI=1S/C20H23ClN6/c1-5-7-15-22-12(3)11-26(15)16-10-9-14-20(25-16)27-17(8-6-2)23-13(4)18(27)19(21)24-14/h9-11H,5-8H2,1-4H3. The Labute approximate surface area is 163 Å². The molecule has 0 fully saturated rings. The van der Waals surface area contributed by atoms with Gasteiger partial charge in [-0.3, -0.25) is 8.97 Å². The molecule has 4 heterocycles. The second-order valence-corrected chi connectivity index (χ2v) is 7.24. The molecule has 27 heavy (non-hydrogen) atoms. The Morgan fingerprint density at radius 2 is 1.67 bits per heavy atom. The van der Waals surface area contributed by atoms with E-state index >= 15 is 0 Å². The van der Waals surface area contributed by atoms with Crippen LogP contribution in [0.15, 0.2) is 18.3 Å². The molecule has 0 saturated heterocycles. The van der Waals surface area contributed by atoms with Crippen LogP contribution in [0.5, 0.6) is 0 Å². The number of hydrogen-bond donors (Lipinski definition) is 0. The van der Waals surface area contributed by atoms with Gasteiger partial charge in [-0.15, -0.1) is 0 Å². The summed E-state index contributed by atoms with van der Waals surface area (Å²) in [6, 6.07) is 3.94. The summed E-state index contributed by atoms with van der Waals surface area (Å²) < 4.78 is 4.14. The molecule has 7 heteroatoms. The number of hydrogen-bond acceptors (Lipinski definition) is 4. The lowest BCUT2D eigenvalue weighted by molar-refractivity contribution is 0.796. The van der Waals surface area contributed by atoms with E-state index in [1.807, 2.05) is 32.2 Å². The maximum Gasteiger partial charge on any atom is 0.167 e. The molecule has 4 aromatic rings.